The lowest BCUT2D eigenvalue weighted by Crippen LogP contribution is -2.17. The molecule has 0 N–H and O–H groups in total. The van der Waals surface area contributed by atoms with Crippen LogP contribution in [0.2, 0.25) is 0 Å². The molecule has 0 saturated carbocycles. The van der Waals surface area contributed by atoms with Gasteiger partial charge in [0.15, 0.2) is 0 Å². The molecule has 0 spiro atoms. The summed E-state index contributed by atoms with van der Waals surface area (Å²) in [4.78, 5) is 0. The van der Waals surface area contributed by atoms with Crippen molar-refractivity contribution in [2.24, 2.45) is 0 Å². The molecule has 4 aromatic rings. The summed E-state index contributed by atoms with van der Waals surface area (Å²) in [5, 5.41) is 5.21. The fourth-order valence-corrected chi connectivity index (χ4v) is 3.97. The predicted octanol–water partition coefficient (Wildman–Crippen LogP) is 4.55. The van der Waals surface area contributed by atoms with Crippen LogP contribution in [0.3, 0.4) is 0 Å². The van der Waals surface area contributed by atoms with Gasteiger partial charge >= 0.3 is 0 Å². The minimum absolute atomic E-state index is 0.0601. The van der Waals surface area contributed by atoms with E-state index in [-0.39, 0.29) is 5.75 Å². The SMILES string of the molecule is COc1ccccc1-c1cccc(COc2ccc3c(cnn3CC[S+](C)(=O)[O-])c2)c1. The van der Waals surface area contributed by atoms with Crippen molar-refractivity contribution in [2.75, 3.05) is 19.1 Å². The highest BCUT2D eigenvalue weighted by Gasteiger charge is 2.11. The topological polar surface area (TPSA) is 76.4 Å². The van der Waals surface area contributed by atoms with Crippen LogP contribution in [0.25, 0.3) is 22.0 Å². The van der Waals surface area contributed by atoms with E-state index in [1.807, 2.05) is 54.6 Å². The van der Waals surface area contributed by atoms with Crippen LogP contribution in [-0.4, -0.2) is 33.5 Å². The van der Waals surface area contributed by atoms with Gasteiger partial charge in [0.05, 0.1) is 31.6 Å². The van der Waals surface area contributed by atoms with Crippen molar-refractivity contribution >= 4 is 21.1 Å². The van der Waals surface area contributed by atoms with E-state index in [2.05, 4.69) is 17.2 Å². The van der Waals surface area contributed by atoms with E-state index >= 15 is 0 Å². The second-order valence-electron chi connectivity index (χ2n) is 7.41. The summed E-state index contributed by atoms with van der Waals surface area (Å²) in [6, 6.07) is 21.8. The molecule has 0 radical (unpaired) electrons. The number of aromatic nitrogens is 2. The number of benzene rings is 3. The standard InChI is InChI=1S/C24H24N2O4S/c1-29-24-9-4-3-8-22(24)19-7-5-6-18(14-19)17-30-21-10-11-23-20(15-21)16-25-26(23)12-13-31(2,27)28/h3-11,14-16H,12-13,17H2,1-2H3. The molecule has 6 nitrogen and oxygen atoms in total. The van der Waals surface area contributed by atoms with Gasteiger partial charge in [-0.3, -0.25) is 4.68 Å². The van der Waals surface area contributed by atoms with Crippen molar-refractivity contribution in [2.45, 2.75) is 13.2 Å². The summed E-state index contributed by atoms with van der Waals surface area (Å²) in [6.45, 7) is 0.759. The Bertz CT molecular complexity index is 1250. The molecular formula is C24H24N2O4S. The number of hydrogen-bond donors (Lipinski definition) is 0. The number of nitrogens with zero attached hydrogens (tertiary/aromatic N) is 2. The van der Waals surface area contributed by atoms with Gasteiger partial charge in [-0.15, -0.1) is 4.21 Å². The summed E-state index contributed by atoms with van der Waals surface area (Å²) >= 11 is 0. The zero-order chi connectivity index (χ0) is 21.8. The Balaban J connectivity index is 1.47. The maximum Gasteiger partial charge on any atom is 0.128 e. The largest absolute Gasteiger partial charge is 0.615 e. The second kappa shape index (κ2) is 8.91. The molecule has 4 rings (SSSR count). The zero-order valence-electron chi connectivity index (χ0n) is 17.5. The molecule has 0 amide bonds. The van der Waals surface area contributed by atoms with Crippen LogP contribution in [0.15, 0.2) is 72.9 Å². The van der Waals surface area contributed by atoms with Crippen LogP contribution in [0.4, 0.5) is 0 Å². The third-order valence-electron chi connectivity index (χ3n) is 5.04. The monoisotopic (exact) mass is 436 g/mol. The molecule has 0 aliphatic carbocycles. The van der Waals surface area contributed by atoms with Crippen LogP contribution in [-0.2, 0) is 27.6 Å². The highest BCUT2D eigenvalue weighted by atomic mass is 32.3. The van der Waals surface area contributed by atoms with Crippen LogP contribution in [0, 0.1) is 0 Å². The molecular weight excluding hydrogens is 412 g/mol. The van der Waals surface area contributed by atoms with Crippen molar-refractivity contribution < 1.29 is 18.2 Å². The van der Waals surface area contributed by atoms with Gasteiger partial charge in [0.1, 0.15) is 23.9 Å². The van der Waals surface area contributed by atoms with E-state index in [1.54, 1.807) is 18.0 Å². The van der Waals surface area contributed by atoms with Crippen LogP contribution in [0.5, 0.6) is 11.5 Å². The van der Waals surface area contributed by atoms with Crippen molar-refractivity contribution in [3.05, 3.63) is 78.5 Å². The highest BCUT2D eigenvalue weighted by Crippen LogP contribution is 2.30. The number of hydrogen-bond acceptors (Lipinski definition) is 5. The Morgan fingerprint density at radius 2 is 1.90 bits per heavy atom. The number of ether oxygens (including phenoxy) is 2. The van der Waals surface area contributed by atoms with Gasteiger partial charge in [-0.2, -0.15) is 5.10 Å². The first-order chi connectivity index (χ1) is 14.9. The van der Waals surface area contributed by atoms with Gasteiger partial charge < -0.3 is 14.0 Å². The second-order valence-corrected chi connectivity index (χ2v) is 9.67. The summed E-state index contributed by atoms with van der Waals surface area (Å²) in [5.74, 6) is 1.63. The lowest BCUT2D eigenvalue weighted by atomic mass is 10.0. The molecule has 1 unspecified atom stereocenters. The average Bonchev–Trinajstić information content (AvgIpc) is 3.18. The first-order valence-corrected chi connectivity index (χ1v) is 12.0. The van der Waals surface area contributed by atoms with E-state index in [9.17, 15) is 8.76 Å². The molecule has 1 heterocycles. The molecule has 1 atom stereocenters. The Morgan fingerprint density at radius 1 is 1.06 bits per heavy atom. The van der Waals surface area contributed by atoms with E-state index < -0.39 is 10.2 Å². The molecule has 0 fully saturated rings. The molecule has 0 aliphatic rings. The molecule has 160 valence electrons. The Hall–Kier alpha value is -3.16. The third kappa shape index (κ3) is 5.13. The minimum Gasteiger partial charge on any atom is -0.615 e. The predicted molar refractivity (Wildman–Crippen MR) is 122 cm³/mol. The Kier molecular flexibility index (Phi) is 6.06. The fourth-order valence-electron chi connectivity index (χ4n) is 3.46. The molecule has 7 heteroatoms. The molecule has 0 saturated heterocycles. The van der Waals surface area contributed by atoms with Gasteiger partial charge in [-0.25, -0.2) is 0 Å². The fraction of sp³-hybridized carbons (Fsp3) is 0.208. The van der Waals surface area contributed by atoms with E-state index in [4.69, 9.17) is 9.47 Å². The minimum atomic E-state index is -3.04. The van der Waals surface area contributed by atoms with Gasteiger partial charge in [-0.1, -0.05) is 36.4 Å². The molecule has 1 aromatic heterocycles. The van der Waals surface area contributed by atoms with Gasteiger partial charge in [0.25, 0.3) is 0 Å². The number of para-hydroxylation sites is 1. The normalized spacial score (nSPS) is 13.1. The summed E-state index contributed by atoms with van der Waals surface area (Å²) in [6.07, 6.45) is 2.96. The third-order valence-corrected chi connectivity index (χ3v) is 5.96. The van der Waals surface area contributed by atoms with E-state index in [0.717, 1.165) is 39.1 Å². The van der Waals surface area contributed by atoms with Crippen molar-refractivity contribution in [3.8, 4) is 22.6 Å². The molecule has 0 aliphatic heterocycles. The number of rotatable bonds is 8. The van der Waals surface area contributed by atoms with Gasteiger partial charge in [-0.05, 0) is 41.5 Å². The molecule has 0 bridgehead atoms. The van der Waals surface area contributed by atoms with Gasteiger partial charge in [0, 0.05) is 21.2 Å². The Morgan fingerprint density at radius 3 is 2.71 bits per heavy atom. The number of sulfone groups is 1. The average molecular weight is 437 g/mol. The van der Waals surface area contributed by atoms with Crippen LogP contribution >= 0.6 is 0 Å². The van der Waals surface area contributed by atoms with E-state index in [0.29, 0.717) is 13.2 Å². The quantitative estimate of drug-likeness (QED) is 0.379. The number of methoxy groups -OCH3 is 1. The van der Waals surface area contributed by atoms with Crippen molar-refractivity contribution in [3.63, 3.8) is 0 Å². The molecule has 3 aromatic carbocycles. The summed E-state index contributed by atoms with van der Waals surface area (Å²) < 4.78 is 36.0. The number of fused-ring (bicyclic) bond motifs is 1. The first-order valence-electron chi connectivity index (χ1n) is 9.91. The maximum absolute atomic E-state index is 11.4. The number of aryl methyl sites for hydroxylation is 1. The van der Waals surface area contributed by atoms with Crippen molar-refractivity contribution in [1.29, 1.82) is 0 Å². The van der Waals surface area contributed by atoms with Crippen LogP contribution in [0.1, 0.15) is 5.56 Å². The molecule has 31 heavy (non-hydrogen) atoms. The Labute approximate surface area is 182 Å². The van der Waals surface area contributed by atoms with E-state index in [1.165, 1.54) is 6.26 Å². The maximum atomic E-state index is 11.4. The van der Waals surface area contributed by atoms with Crippen molar-refractivity contribution in [1.82, 2.24) is 9.78 Å². The lowest BCUT2D eigenvalue weighted by Gasteiger charge is -2.11. The van der Waals surface area contributed by atoms with Crippen LogP contribution < -0.4 is 9.47 Å². The van der Waals surface area contributed by atoms with Gasteiger partial charge in [0.2, 0.25) is 0 Å². The highest BCUT2D eigenvalue weighted by molar-refractivity contribution is 7.96. The first kappa shape index (κ1) is 21.1. The summed E-state index contributed by atoms with van der Waals surface area (Å²) in [7, 11) is -1.37. The zero-order valence-corrected chi connectivity index (χ0v) is 18.3. The smallest absolute Gasteiger partial charge is 0.128 e. The lowest BCUT2D eigenvalue weighted by molar-refractivity contribution is 0.306. The summed E-state index contributed by atoms with van der Waals surface area (Å²) in [5.41, 5.74) is 4.04.